The molecule has 0 aliphatic carbocycles. The summed E-state index contributed by atoms with van der Waals surface area (Å²) in [5.74, 6) is 0. The highest BCUT2D eigenvalue weighted by atomic mass is 79.9. The van der Waals surface area contributed by atoms with Crippen LogP contribution in [0.2, 0.25) is 0 Å². The summed E-state index contributed by atoms with van der Waals surface area (Å²) >= 11 is 3.36. The molecule has 0 amide bonds. The molecule has 0 fully saturated rings. The van der Waals surface area contributed by atoms with E-state index in [-0.39, 0.29) is 5.56 Å². The molecule has 15 heavy (non-hydrogen) atoms. The minimum Gasteiger partial charge on any atom is -0.399 e. The molecular formula is C11H9BrN2O. The largest absolute Gasteiger partial charge is 0.399 e. The van der Waals surface area contributed by atoms with Crippen LogP contribution in [0.5, 0.6) is 0 Å². The van der Waals surface area contributed by atoms with E-state index in [0.29, 0.717) is 5.69 Å². The summed E-state index contributed by atoms with van der Waals surface area (Å²) in [6.45, 7) is 0. The number of halogens is 1. The lowest BCUT2D eigenvalue weighted by Crippen LogP contribution is -2.16. The van der Waals surface area contributed by atoms with E-state index in [0.717, 1.165) is 10.2 Å². The van der Waals surface area contributed by atoms with Crippen LogP contribution >= 0.6 is 15.9 Å². The molecule has 0 bridgehead atoms. The monoisotopic (exact) mass is 264 g/mol. The molecule has 1 aromatic carbocycles. The van der Waals surface area contributed by atoms with Crippen molar-refractivity contribution in [3.05, 3.63) is 57.4 Å². The van der Waals surface area contributed by atoms with Gasteiger partial charge in [0.1, 0.15) is 0 Å². The zero-order valence-corrected chi connectivity index (χ0v) is 9.44. The first kappa shape index (κ1) is 9.98. The summed E-state index contributed by atoms with van der Waals surface area (Å²) in [6, 6.07) is 10.6. The first-order valence-corrected chi connectivity index (χ1v) is 5.20. The molecule has 0 radical (unpaired) electrons. The number of anilines is 1. The van der Waals surface area contributed by atoms with Crippen molar-refractivity contribution in [2.75, 3.05) is 5.73 Å². The lowest BCUT2D eigenvalue weighted by atomic mass is 10.3. The Bertz CT molecular complexity index is 548. The molecule has 0 unspecified atom stereocenters. The highest BCUT2D eigenvalue weighted by Crippen LogP contribution is 2.14. The van der Waals surface area contributed by atoms with Gasteiger partial charge in [-0.05, 0) is 24.3 Å². The fourth-order valence-corrected chi connectivity index (χ4v) is 1.72. The summed E-state index contributed by atoms with van der Waals surface area (Å²) in [4.78, 5) is 11.6. The van der Waals surface area contributed by atoms with E-state index in [9.17, 15) is 4.79 Å². The molecule has 0 saturated carbocycles. The minimum absolute atomic E-state index is 0.131. The van der Waals surface area contributed by atoms with Crippen LogP contribution in [-0.2, 0) is 0 Å². The first-order valence-electron chi connectivity index (χ1n) is 4.41. The van der Waals surface area contributed by atoms with Crippen LogP contribution in [0.15, 0.2) is 51.9 Å². The van der Waals surface area contributed by atoms with Gasteiger partial charge in [0.05, 0.1) is 0 Å². The minimum atomic E-state index is -0.131. The number of nitrogens with two attached hydrogens (primary N) is 1. The van der Waals surface area contributed by atoms with Gasteiger partial charge in [-0.25, -0.2) is 0 Å². The van der Waals surface area contributed by atoms with Crippen LogP contribution in [0.25, 0.3) is 5.69 Å². The highest BCUT2D eigenvalue weighted by Gasteiger charge is 1.99. The van der Waals surface area contributed by atoms with Gasteiger partial charge in [0.15, 0.2) is 0 Å². The normalized spacial score (nSPS) is 10.2. The van der Waals surface area contributed by atoms with Crippen molar-refractivity contribution in [3.63, 3.8) is 0 Å². The Morgan fingerprint density at radius 3 is 2.67 bits per heavy atom. The number of nitrogens with zero attached hydrogens (tertiary/aromatic N) is 1. The van der Waals surface area contributed by atoms with Crippen LogP contribution < -0.4 is 11.3 Å². The predicted octanol–water partition coefficient (Wildman–Crippen LogP) is 2.18. The number of aromatic nitrogens is 1. The molecule has 0 aliphatic rings. The maximum Gasteiger partial charge on any atom is 0.257 e. The molecule has 3 nitrogen and oxygen atoms in total. The van der Waals surface area contributed by atoms with Crippen LogP contribution in [-0.4, -0.2) is 4.57 Å². The SMILES string of the molecule is Nc1ccn(-c2cccc(Br)c2)c(=O)c1. The van der Waals surface area contributed by atoms with Gasteiger partial charge < -0.3 is 5.73 Å². The van der Waals surface area contributed by atoms with Gasteiger partial charge in [-0.1, -0.05) is 22.0 Å². The van der Waals surface area contributed by atoms with Gasteiger partial charge in [-0.2, -0.15) is 0 Å². The van der Waals surface area contributed by atoms with Crippen LogP contribution in [0.1, 0.15) is 0 Å². The Morgan fingerprint density at radius 1 is 1.20 bits per heavy atom. The summed E-state index contributed by atoms with van der Waals surface area (Å²) in [6.07, 6.45) is 1.67. The second-order valence-corrected chi connectivity index (χ2v) is 4.06. The van der Waals surface area contributed by atoms with Gasteiger partial charge in [-0.15, -0.1) is 0 Å². The van der Waals surface area contributed by atoms with Crippen molar-refractivity contribution >= 4 is 21.6 Å². The maximum atomic E-state index is 11.6. The van der Waals surface area contributed by atoms with Crippen molar-refractivity contribution < 1.29 is 0 Å². The Kier molecular flexibility index (Phi) is 2.60. The summed E-state index contributed by atoms with van der Waals surface area (Å²) < 4.78 is 2.48. The van der Waals surface area contributed by atoms with Gasteiger partial charge in [-0.3, -0.25) is 9.36 Å². The van der Waals surface area contributed by atoms with E-state index in [1.807, 2.05) is 24.3 Å². The van der Waals surface area contributed by atoms with Crippen LogP contribution in [0, 0.1) is 0 Å². The molecule has 76 valence electrons. The van der Waals surface area contributed by atoms with Crippen molar-refractivity contribution in [1.29, 1.82) is 0 Å². The molecule has 2 rings (SSSR count). The molecule has 4 heteroatoms. The number of hydrogen-bond acceptors (Lipinski definition) is 2. The summed E-state index contributed by atoms with van der Waals surface area (Å²) in [5, 5.41) is 0. The zero-order chi connectivity index (χ0) is 10.8. The van der Waals surface area contributed by atoms with E-state index in [4.69, 9.17) is 5.73 Å². The smallest absolute Gasteiger partial charge is 0.257 e. The second-order valence-electron chi connectivity index (χ2n) is 3.15. The zero-order valence-electron chi connectivity index (χ0n) is 7.85. The molecule has 0 saturated heterocycles. The van der Waals surface area contributed by atoms with E-state index in [1.54, 1.807) is 16.8 Å². The van der Waals surface area contributed by atoms with Crippen molar-refractivity contribution in [2.24, 2.45) is 0 Å². The van der Waals surface area contributed by atoms with E-state index in [2.05, 4.69) is 15.9 Å². The van der Waals surface area contributed by atoms with Crippen molar-refractivity contribution in [1.82, 2.24) is 4.57 Å². The van der Waals surface area contributed by atoms with Crippen molar-refractivity contribution in [2.45, 2.75) is 0 Å². The Hall–Kier alpha value is -1.55. The Labute approximate surface area is 95.3 Å². The third kappa shape index (κ3) is 2.10. The lowest BCUT2D eigenvalue weighted by Gasteiger charge is -2.05. The fraction of sp³-hybridized carbons (Fsp3) is 0. The summed E-state index contributed by atoms with van der Waals surface area (Å²) in [7, 11) is 0. The predicted molar refractivity (Wildman–Crippen MR) is 64.2 cm³/mol. The quantitative estimate of drug-likeness (QED) is 0.859. The van der Waals surface area contributed by atoms with E-state index in [1.165, 1.54) is 6.07 Å². The van der Waals surface area contributed by atoms with Gasteiger partial charge in [0.2, 0.25) is 0 Å². The number of hydrogen-bond donors (Lipinski definition) is 1. The topological polar surface area (TPSA) is 48.0 Å². The van der Waals surface area contributed by atoms with Crippen LogP contribution in [0.4, 0.5) is 5.69 Å². The fourth-order valence-electron chi connectivity index (χ4n) is 1.33. The average molecular weight is 265 g/mol. The second kappa shape index (κ2) is 3.90. The van der Waals surface area contributed by atoms with Crippen LogP contribution in [0.3, 0.4) is 0 Å². The van der Waals surface area contributed by atoms with Gasteiger partial charge in [0, 0.05) is 28.1 Å². The molecule has 0 spiro atoms. The van der Waals surface area contributed by atoms with Gasteiger partial charge >= 0.3 is 0 Å². The molecule has 2 aromatic rings. The molecular weight excluding hydrogens is 256 g/mol. The van der Waals surface area contributed by atoms with Gasteiger partial charge in [0.25, 0.3) is 5.56 Å². The number of pyridine rings is 1. The standard InChI is InChI=1S/C11H9BrN2O/c12-8-2-1-3-10(6-8)14-5-4-9(13)7-11(14)15/h1-7H,13H2. The van der Waals surface area contributed by atoms with E-state index >= 15 is 0 Å². The molecule has 0 atom stereocenters. The lowest BCUT2D eigenvalue weighted by molar-refractivity contribution is 0.991. The summed E-state index contributed by atoms with van der Waals surface area (Å²) in [5.41, 5.74) is 6.67. The third-order valence-electron chi connectivity index (χ3n) is 2.03. The molecule has 0 aliphatic heterocycles. The molecule has 1 aromatic heterocycles. The first-order chi connectivity index (χ1) is 7.16. The van der Waals surface area contributed by atoms with Crippen molar-refractivity contribution in [3.8, 4) is 5.69 Å². The third-order valence-corrected chi connectivity index (χ3v) is 2.52. The highest BCUT2D eigenvalue weighted by molar-refractivity contribution is 9.10. The number of rotatable bonds is 1. The number of benzene rings is 1. The maximum absolute atomic E-state index is 11.6. The van der Waals surface area contributed by atoms with E-state index < -0.39 is 0 Å². The molecule has 1 heterocycles. The molecule has 2 N–H and O–H groups in total. The Balaban J connectivity index is 2.59. The average Bonchev–Trinajstić information content (AvgIpc) is 2.17. The Morgan fingerprint density at radius 2 is 2.00 bits per heavy atom. The number of nitrogen functional groups attached to an aromatic ring is 1.